The molecule has 2 aromatic rings. The zero-order chi connectivity index (χ0) is 18.7. The second-order valence-corrected chi connectivity index (χ2v) is 7.40. The van der Waals surface area contributed by atoms with E-state index in [1.165, 1.54) is 11.1 Å². The molecule has 0 saturated carbocycles. The van der Waals surface area contributed by atoms with Crippen LogP contribution in [0.2, 0.25) is 0 Å². The molecule has 1 amide bonds. The summed E-state index contributed by atoms with van der Waals surface area (Å²) in [5.41, 5.74) is 3.83. The van der Waals surface area contributed by atoms with Gasteiger partial charge in [0, 0.05) is 13.1 Å². The quantitative estimate of drug-likeness (QED) is 0.895. The molecule has 140 valence electrons. The smallest absolute Gasteiger partial charge is 0.276 e. The molecule has 1 aliphatic heterocycles. The van der Waals surface area contributed by atoms with E-state index in [0.717, 1.165) is 38.0 Å². The van der Waals surface area contributed by atoms with E-state index in [1.54, 1.807) is 4.90 Å². The van der Waals surface area contributed by atoms with Crippen LogP contribution in [-0.2, 0) is 6.42 Å². The van der Waals surface area contributed by atoms with Crippen LogP contribution in [0.1, 0.15) is 53.1 Å². The van der Waals surface area contributed by atoms with E-state index in [2.05, 4.69) is 53.7 Å². The Hall–Kier alpha value is -2.21. The lowest BCUT2D eigenvalue weighted by Crippen LogP contribution is -2.37. The molecular weight excluding hydrogens is 326 g/mol. The van der Waals surface area contributed by atoms with E-state index < -0.39 is 0 Å². The van der Waals surface area contributed by atoms with E-state index in [-0.39, 0.29) is 11.9 Å². The summed E-state index contributed by atoms with van der Waals surface area (Å²) in [6.07, 6.45) is 2.87. The fourth-order valence-electron chi connectivity index (χ4n) is 3.51. The summed E-state index contributed by atoms with van der Waals surface area (Å²) in [7, 11) is 1.85. The zero-order valence-electron chi connectivity index (χ0n) is 16.2. The van der Waals surface area contributed by atoms with Crippen LogP contribution in [0.4, 0.5) is 0 Å². The molecule has 1 aromatic carbocycles. The van der Waals surface area contributed by atoms with Crippen molar-refractivity contribution in [3.63, 3.8) is 0 Å². The number of nitrogens with zero attached hydrogens (tertiary/aromatic N) is 4. The predicted octanol–water partition coefficient (Wildman–Crippen LogP) is 2.52. The maximum atomic E-state index is 12.9. The summed E-state index contributed by atoms with van der Waals surface area (Å²) in [4.78, 5) is 14.7. The highest BCUT2D eigenvalue weighted by atomic mass is 16.2. The fourth-order valence-corrected chi connectivity index (χ4v) is 3.51. The minimum atomic E-state index is -0.0534. The standard InChI is InChI=1S/C20H29N5O/c1-14-5-7-17(8-6-14)13-15(2)24(4)20(26)19-16(3)25(23-22-19)18-9-11-21-12-10-18/h5-8,15,18,21H,9-13H2,1-4H3. The van der Waals surface area contributed by atoms with Crippen molar-refractivity contribution in [2.24, 2.45) is 0 Å². The first kappa shape index (κ1) is 18.6. The number of piperidine rings is 1. The molecule has 1 fully saturated rings. The maximum absolute atomic E-state index is 12.9. The minimum Gasteiger partial charge on any atom is -0.337 e. The van der Waals surface area contributed by atoms with Crippen molar-refractivity contribution in [3.05, 3.63) is 46.8 Å². The van der Waals surface area contributed by atoms with Crippen molar-refractivity contribution in [1.82, 2.24) is 25.2 Å². The van der Waals surface area contributed by atoms with Gasteiger partial charge in [0.1, 0.15) is 0 Å². The number of benzene rings is 1. The van der Waals surface area contributed by atoms with Crippen molar-refractivity contribution in [2.45, 2.75) is 52.1 Å². The summed E-state index contributed by atoms with van der Waals surface area (Å²) in [6.45, 7) is 8.08. The maximum Gasteiger partial charge on any atom is 0.276 e. The number of aromatic nitrogens is 3. The molecule has 1 aliphatic rings. The van der Waals surface area contributed by atoms with E-state index in [0.29, 0.717) is 11.7 Å². The number of hydrogen-bond acceptors (Lipinski definition) is 4. The highest BCUT2D eigenvalue weighted by molar-refractivity contribution is 5.93. The van der Waals surface area contributed by atoms with Gasteiger partial charge in [-0.2, -0.15) is 0 Å². The molecule has 2 heterocycles. The Morgan fingerprint density at radius 1 is 1.27 bits per heavy atom. The van der Waals surface area contributed by atoms with Gasteiger partial charge in [0.25, 0.3) is 5.91 Å². The SMILES string of the molecule is Cc1ccc(CC(C)N(C)C(=O)c2nnn(C3CCNCC3)c2C)cc1. The third-order valence-corrected chi connectivity index (χ3v) is 5.42. The Morgan fingerprint density at radius 3 is 2.58 bits per heavy atom. The molecule has 1 saturated heterocycles. The van der Waals surface area contributed by atoms with Gasteiger partial charge in [-0.05, 0) is 58.7 Å². The minimum absolute atomic E-state index is 0.0534. The first-order chi connectivity index (χ1) is 12.5. The fraction of sp³-hybridized carbons (Fsp3) is 0.550. The summed E-state index contributed by atoms with van der Waals surface area (Å²) in [5, 5.41) is 11.9. The zero-order valence-corrected chi connectivity index (χ0v) is 16.2. The first-order valence-corrected chi connectivity index (χ1v) is 9.42. The van der Waals surface area contributed by atoms with Crippen molar-refractivity contribution in [2.75, 3.05) is 20.1 Å². The Morgan fingerprint density at radius 2 is 1.92 bits per heavy atom. The normalized spacial score (nSPS) is 16.5. The van der Waals surface area contributed by atoms with Crippen molar-refractivity contribution >= 4 is 5.91 Å². The van der Waals surface area contributed by atoms with E-state index in [4.69, 9.17) is 0 Å². The van der Waals surface area contributed by atoms with Gasteiger partial charge in [-0.3, -0.25) is 4.79 Å². The third-order valence-electron chi connectivity index (χ3n) is 5.42. The number of rotatable bonds is 5. The topological polar surface area (TPSA) is 63.1 Å². The highest BCUT2D eigenvalue weighted by Gasteiger charge is 2.26. The van der Waals surface area contributed by atoms with Crippen LogP contribution in [0.15, 0.2) is 24.3 Å². The average Bonchev–Trinajstić information content (AvgIpc) is 3.04. The van der Waals surface area contributed by atoms with Gasteiger partial charge in [-0.15, -0.1) is 5.10 Å². The number of likely N-dealkylation sites (N-methyl/N-ethyl adjacent to an activating group) is 1. The van der Waals surface area contributed by atoms with Crippen LogP contribution >= 0.6 is 0 Å². The molecule has 0 radical (unpaired) electrons. The lowest BCUT2D eigenvalue weighted by molar-refractivity contribution is 0.0736. The molecule has 0 aliphatic carbocycles. The van der Waals surface area contributed by atoms with E-state index >= 15 is 0 Å². The van der Waals surface area contributed by atoms with Gasteiger partial charge in [-0.1, -0.05) is 35.0 Å². The molecule has 1 unspecified atom stereocenters. The van der Waals surface area contributed by atoms with Gasteiger partial charge in [0.05, 0.1) is 11.7 Å². The lowest BCUT2D eigenvalue weighted by atomic mass is 10.0. The number of carbonyl (C=O) groups excluding carboxylic acids is 1. The monoisotopic (exact) mass is 355 g/mol. The summed E-state index contributed by atoms with van der Waals surface area (Å²) < 4.78 is 1.94. The van der Waals surface area contributed by atoms with E-state index in [9.17, 15) is 4.79 Å². The number of nitrogens with one attached hydrogen (secondary N) is 1. The molecule has 1 aromatic heterocycles. The molecule has 26 heavy (non-hydrogen) atoms. The second-order valence-electron chi connectivity index (χ2n) is 7.40. The van der Waals surface area contributed by atoms with Gasteiger partial charge < -0.3 is 10.2 Å². The largest absolute Gasteiger partial charge is 0.337 e. The van der Waals surface area contributed by atoms with Gasteiger partial charge >= 0.3 is 0 Å². The molecular formula is C20H29N5O. The molecule has 6 nitrogen and oxygen atoms in total. The second kappa shape index (κ2) is 7.99. The van der Waals surface area contributed by atoms with Crippen molar-refractivity contribution in [3.8, 4) is 0 Å². The van der Waals surface area contributed by atoms with Crippen LogP contribution < -0.4 is 5.32 Å². The number of hydrogen-bond donors (Lipinski definition) is 1. The van der Waals surface area contributed by atoms with Gasteiger partial charge in [0.2, 0.25) is 0 Å². The van der Waals surface area contributed by atoms with Gasteiger partial charge in [-0.25, -0.2) is 4.68 Å². The van der Waals surface area contributed by atoms with Crippen LogP contribution in [-0.4, -0.2) is 52.0 Å². The molecule has 1 atom stereocenters. The summed E-state index contributed by atoms with van der Waals surface area (Å²) in [6, 6.07) is 8.90. The average molecular weight is 355 g/mol. The predicted molar refractivity (Wildman–Crippen MR) is 102 cm³/mol. The molecule has 0 bridgehead atoms. The summed E-state index contributed by atoms with van der Waals surface area (Å²) >= 11 is 0. The number of aryl methyl sites for hydroxylation is 1. The highest BCUT2D eigenvalue weighted by Crippen LogP contribution is 2.21. The molecule has 6 heteroatoms. The van der Waals surface area contributed by atoms with Crippen molar-refractivity contribution < 1.29 is 4.79 Å². The first-order valence-electron chi connectivity index (χ1n) is 9.42. The van der Waals surface area contributed by atoms with Crippen molar-refractivity contribution in [1.29, 1.82) is 0 Å². The molecule has 1 N–H and O–H groups in total. The number of carbonyl (C=O) groups is 1. The van der Waals surface area contributed by atoms with Crippen LogP contribution in [0.25, 0.3) is 0 Å². The molecule has 0 spiro atoms. The Bertz CT molecular complexity index is 746. The molecule has 3 rings (SSSR count). The Kier molecular flexibility index (Phi) is 5.71. The Labute approximate surface area is 155 Å². The van der Waals surface area contributed by atoms with Crippen LogP contribution in [0, 0.1) is 13.8 Å². The summed E-state index contributed by atoms with van der Waals surface area (Å²) in [5.74, 6) is -0.0534. The third kappa shape index (κ3) is 3.96. The lowest BCUT2D eigenvalue weighted by Gasteiger charge is -2.25. The van der Waals surface area contributed by atoms with Crippen LogP contribution in [0.3, 0.4) is 0 Å². The van der Waals surface area contributed by atoms with Crippen LogP contribution in [0.5, 0.6) is 0 Å². The number of amides is 1. The van der Waals surface area contributed by atoms with Gasteiger partial charge in [0.15, 0.2) is 5.69 Å². The van der Waals surface area contributed by atoms with E-state index in [1.807, 2.05) is 18.7 Å². The Balaban J connectivity index is 1.69.